The zero-order chi connectivity index (χ0) is 22.8. The number of aromatic nitrogens is 2. The van der Waals surface area contributed by atoms with E-state index in [4.69, 9.17) is 9.47 Å². The van der Waals surface area contributed by atoms with Gasteiger partial charge in [-0.25, -0.2) is 9.98 Å². The van der Waals surface area contributed by atoms with E-state index in [-0.39, 0.29) is 18.0 Å². The largest absolute Gasteiger partial charge is 0.490 e. The van der Waals surface area contributed by atoms with Crippen LogP contribution in [0.3, 0.4) is 0 Å². The number of imidazole rings is 1. The number of para-hydroxylation sites is 1. The van der Waals surface area contributed by atoms with Gasteiger partial charge in [0.1, 0.15) is 5.82 Å². The van der Waals surface area contributed by atoms with Gasteiger partial charge >= 0.3 is 6.61 Å². The molecule has 0 saturated heterocycles. The summed E-state index contributed by atoms with van der Waals surface area (Å²) in [5.41, 5.74) is 2.47. The molecule has 2 aromatic carbocycles. The van der Waals surface area contributed by atoms with Gasteiger partial charge in [-0.15, -0.1) is 0 Å². The minimum Gasteiger partial charge on any atom is -0.490 e. The third-order valence-corrected chi connectivity index (χ3v) is 4.46. The third kappa shape index (κ3) is 6.44. The molecule has 0 saturated carbocycles. The van der Waals surface area contributed by atoms with Gasteiger partial charge in [-0.05, 0) is 25.5 Å². The molecule has 3 rings (SSSR count). The minimum atomic E-state index is -2.96. The van der Waals surface area contributed by atoms with Gasteiger partial charge in [0.05, 0.1) is 31.6 Å². The number of nitrogens with zero attached hydrogens (tertiary/aromatic N) is 2. The molecule has 0 atom stereocenters. The number of hydrogen-bond donors (Lipinski definition) is 3. The standard InChI is InChI=1S/C23H27F2N5O2/c1-3-26-23(29-15-20-27-14-18(30-20)16-9-6-5-7-10-16)28-13-17-11-8-12-19(31-4-2)21(17)32-22(24)25/h5-12,14,22H,3-4,13,15H2,1-2H3,(H,27,30)(H2,26,28,29). The maximum Gasteiger partial charge on any atom is 0.387 e. The van der Waals surface area contributed by atoms with E-state index >= 15 is 0 Å². The molecule has 9 heteroatoms. The van der Waals surface area contributed by atoms with Gasteiger partial charge in [-0.2, -0.15) is 8.78 Å². The summed E-state index contributed by atoms with van der Waals surface area (Å²) < 4.78 is 36.0. The van der Waals surface area contributed by atoms with Crippen molar-refractivity contribution in [3.63, 3.8) is 0 Å². The van der Waals surface area contributed by atoms with Crippen molar-refractivity contribution in [2.45, 2.75) is 33.5 Å². The molecule has 7 nitrogen and oxygen atoms in total. The van der Waals surface area contributed by atoms with Crippen LogP contribution >= 0.6 is 0 Å². The third-order valence-electron chi connectivity index (χ3n) is 4.46. The Hall–Kier alpha value is -3.62. The van der Waals surface area contributed by atoms with E-state index in [1.54, 1.807) is 31.3 Å². The van der Waals surface area contributed by atoms with Crippen LogP contribution in [0.15, 0.2) is 59.7 Å². The maximum atomic E-state index is 12.9. The van der Waals surface area contributed by atoms with Gasteiger partial charge < -0.3 is 25.1 Å². The summed E-state index contributed by atoms with van der Waals surface area (Å²) >= 11 is 0. The fraction of sp³-hybridized carbons (Fsp3) is 0.304. The predicted molar refractivity (Wildman–Crippen MR) is 120 cm³/mol. The molecule has 0 bridgehead atoms. The molecular formula is C23H27F2N5O2. The molecule has 0 unspecified atom stereocenters. The number of H-pyrrole nitrogens is 1. The van der Waals surface area contributed by atoms with Crippen LogP contribution in [-0.2, 0) is 13.1 Å². The number of aliphatic imine (C=N–C) groups is 1. The van der Waals surface area contributed by atoms with Crippen molar-refractivity contribution in [3.05, 3.63) is 66.1 Å². The first kappa shape index (κ1) is 23.1. The highest BCUT2D eigenvalue weighted by atomic mass is 19.3. The summed E-state index contributed by atoms with van der Waals surface area (Å²) in [6, 6.07) is 14.9. The molecule has 3 N–H and O–H groups in total. The second kappa shape index (κ2) is 11.7. The quantitative estimate of drug-likeness (QED) is 0.321. The normalized spacial score (nSPS) is 11.5. The van der Waals surface area contributed by atoms with Crippen LogP contribution in [0, 0.1) is 0 Å². The summed E-state index contributed by atoms with van der Waals surface area (Å²) in [6.07, 6.45) is 1.78. The Morgan fingerprint density at radius 1 is 1.09 bits per heavy atom. The van der Waals surface area contributed by atoms with Gasteiger partial charge in [0.15, 0.2) is 17.5 Å². The fourth-order valence-corrected chi connectivity index (χ4v) is 3.07. The van der Waals surface area contributed by atoms with Gasteiger partial charge in [0, 0.05) is 12.1 Å². The van der Waals surface area contributed by atoms with Crippen LogP contribution in [0.1, 0.15) is 25.2 Å². The predicted octanol–water partition coefficient (Wildman–Crippen LogP) is 4.33. The number of guanidine groups is 1. The average molecular weight is 443 g/mol. The molecule has 3 aromatic rings. The van der Waals surface area contributed by atoms with Crippen molar-refractivity contribution in [1.82, 2.24) is 20.6 Å². The SMILES string of the molecule is CCNC(=NCc1cccc(OCC)c1OC(F)F)NCc1ncc(-c2ccccc2)[nH]1. The Bertz CT molecular complexity index is 1010. The molecule has 0 amide bonds. The molecule has 1 heterocycles. The van der Waals surface area contributed by atoms with Crippen molar-refractivity contribution in [3.8, 4) is 22.8 Å². The lowest BCUT2D eigenvalue weighted by Crippen LogP contribution is -2.37. The summed E-state index contributed by atoms with van der Waals surface area (Å²) in [6.45, 7) is 2.29. The molecule has 170 valence electrons. The van der Waals surface area contributed by atoms with Crippen molar-refractivity contribution >= 4 is 5.96 Å². The summed E-state index contributed by atoms with van der Waals surface area (Å²) in [7, 11) is 0. The first-order valence-corrected chi connectivity index (χ1v) is 10.4. The van der Waals surface area contributed by atoms with Gasteiger partial charge in [0.25, 0.3) is 0 Å². The Balaban J connectivity index is 1.70. The number of hydrogen-bond acceptors (Lipinski definition) is 4. The molecule has 0 aliphatic rings. The highest BCUT2D eigenvalue weighted by molar-refractivity contribution is 5.79. The van der Waals surface area contributed by atoms with E-state index in [9.17, 15) is 8.78 Å². The first-order chi connectivity index (χ1) is 15.6. The molecule has 0 fully saturated rings. The number of rotatable bonds is 10. The lowest BCUT2D eigenvalue weighted by atomic mass is 10.2. The second-order valence-electron chi connectivity index (χ2n) is 6.71. The monoisotopic (exact) mass is 443 g/mol. The number of aromatic amines is 1. The summed E-state index contributed by atoms with van der Waals surface area (Å²) in [5.74, 6) is 1.54. The molecule has 0 radical (unpaired) electrons. The highest BCUT2D eigenvalue weighted by Gasteiger charge is 2.15. The summed E-state index contributed by atoms with van der Waals surface area (Å²) in [4.78, 5) is 12.2. The van der Waals surface area contributed by atoms with Crippen LogP contribution in [0.2, 0.25) is 0 Å². The Morgan fingerprint density at radius 2 is 1.91 bits per heavy atom. The van der Waals surface area contributed by atoms with Crippen molar-refractivity contribution in [1.29, 1.82) is 0 Å². The van der Waals surface area contributed by atoms with Crippen molar-refractivity contribution < 1.29 is 18.3 Å². The zero-order valence-electron chi connectivity index (χ0n) is 18.1. The lowest BCUT2D eigenvalue weighted by molar-refractivity contribution is -0.0520. The van der Waals surface area contributed by atoms with E-state index in [0.717, 1.165) is 17.1 Å². The van der Waals surface area contributed by atoms with Crippen LogP contribution in [0.5, 0.6) is 11.5 Å². The maximum absolute atomic E-state index is 12.9. The molecule has 1 aromatic heterocycles. The van der Waals surface area contributed by atoms with Crippen LogP contribution in [-0.4, -0.2) is 35.7 Å². The number of benzene rings is 2. The minimum absolute atomic E-state index is 0.00230. The van der Waals surface area contributed by atoms with Gasteiger partial charge in [0.2, 0.25) is 0 Å². The highest BCUT2D eigenvalue weighted by Crippen LogP contribution is 2.33. The number of alkyl halides is 2. The molecule has 32 heavy (non-hydrogen) atoms. The first-order valence-electron chi connectivity index (χ1n) is 10.4. The van der Waals surface area contributed by atoms with Crippen LogP contribution in [0.4, 0.5) is 8.78 Å². The topological polar surface area (TPSA) is 83.6 Å². The Kier molecular flexibility index (Phi) is 8.42. The van der Waals surface area contributed by atoms with Gasteiger partial charge in [-0.3, -0.25) is 0 Å². The van der Waals surface area contributed by atoms with E-state index in [1.165, 1.54) is 0 Å². The zero-order valence-corrected chi connectivity index (χ0v) is 18.1. The van der Waals surface area contributed by atoms with Crippen molar-refractivity contribution in [2.75, 3.05) is 13.2 Å². The molecule has 0 spiro atoms. The van der Waals surface area contributed by atoms with Crippen molar-refractivity contribution in [2.24, 2.45) is 4.99 Å². The van der Waals surface area contributed by atoms with Gasteiger partial charge in [-0.1, -0.05) is 42.5 Å². The molecule has 0 aliphatic heterocycles. The average Bonchev–Trinajstić information content (AvgIpc) is 3.27. The van der Waals surface area contributed by atoms with E-state index in [2.05, 4.69) is 25.6 Å². The Morgan fingerprint density at radius 3 is 2.62 bits per heavy atom. The number of ether oxygens (including phenoxy) is 2. The lowest BCUT2D eigenvalue weighted by Gasteiger charge is -2.15. The number of nitrogens with one attached hydrogen (secondary N) is 3. The second-order valence-corrected chi connectivity index (χ2v) is 6.71. The Labute approximate surface area is 185 Å². The van der Waals surface area contributed by atoms with E-state index < -0.39 is 6.61 Å². The van der Waals surface area contributed by atoms with E-state index in [0.29, 0.717) is 31.2 Å². The van der Waals surface area contributed by atoms with Crippen LogP contribution in [0.25, 0.3) is 11.3 Å². The fourth-order valence-electron chi connectivity index (χ4n) is 3.07. The number of halogens is 2. The smallest absolute Gasteiger partial charge is 0.387 e. The molecule has 0 aliphatic carbocycles. The molecular weight excluding hydrogens is 416 g/mol. The van der Waals surface area contributed by atoms with Crippen LogP contribution < -0.4 is 20.1 Å². The summed E-state index contributed by atoms with van der Waals surface area (Å²) in [5, 5.41) is 6.34. The van der Waals surface area contributed by atoms with E-state index in [1.807, 2.05) is 37.3 Å².